The number of carbonyl (C=O) groups excluding carboxylic acids is 1. The fourth-order valence-electron chi connectivity index (χ4n) is 2.66. The van der Waals surface area contributed by atoms with Crippen LogP contribution < -0.4 is 5.32 Å². The molecule has 5 nitrogen and oxygen atoms in total. The fraction of sp³-hybridized carbons (Fsp3) is 0.733. The molecule has 1 atom stereocenters. The largest absolute Gasteiger partial charge is 0.385 e. The lowest BCUT2D eigenvalue weighted by Gasteiger charge is -2.31. The van der Waals surface area contributed by atoms with Gasteiger partial charge in [0.2, 0.25) is 5.91 Å². The van der Waals surface area contributed by atoms with Crippen LogP contribution in [0.1, 0.15) is 35.1 Å². The summed E-state index contributed by atoms with van der Waals surface area (Å²) in [6.07, 6.45) is 5.13. The number of thiazole rings is 1. The van der Waals surface area contributed by atoms with Gasteiger partial charge in [-0.2, -0.15) is 0 Å². The Bertz CT molecular complexity index is 450. The molecule has 0 bridgehead atoms. The Labute approximate surface area is 130 Å². The molecule has 0 radical (unpaired) electrons. The molecule has 1 N–H and O–H groups in total. The van der Waals surface area contributed by atoms with Crippen molar-refractivity contribution in [2.24, 2.45) is 0 Å². The predicted molar refractivity (Wildman–Crippen MR) is 84.8 cm³/mol. The molecule has 6 heteroatoms. The Morgan fingerprint density at radius 2 is 2.48 bits per heavy atom. The van der Waals surface area contributed by atoms with Gasteiger partial charge < -0.3 is 10.1 Å². The third-order valence-corrected chi connectivity index (χ3v) is 4.78. The van der Waals surface area contributed by atoms with Crippen LogP contribution in [0.5, 0.6) is 0 Å². The van der Waals surface area contributed by atoms with Gasteiger partial charge in [-0.05, 0) is 32.7 Å². The van der Waals surface area contributed by atoms with Gasteiger partial charge in [-0.15, -0.1) is 11.3 Å². The second-order valence-corrected chi connectivity index (χ2v) is 6.85. The molecule has 1 aliphatic heterocycles. The average molecular weight is 311 g/mol. The Hall–Kier alpha value is -0.980. The average Bonchev–Trinajstić information content (AvgIpc) is 2.91. The highest BCUT2D eigenvalue weighted by Gasteiger charge is 2.24. The first kappa shape index (κ1) is 16.4. The maximum absolute atomic E-state index is 11.9. The van der Waals surface area contributed by atoms with Crippen molar-refractivity contribution in [3.8, 4) is 0 Å². The van der Waals surface area contributed by atoms with Gasteiger partial charge in [-0.1, -0.05) is 0 Å². The number of amides is 1. The molecule has 21 heavy (non-hydrogen) atoms. The molecule has 1 fully saturated rings. The number of nitrogens with zero attached hydrogens (tertiary/aromatic N) is 2. The number of carbonyl (C=O) groups is 1. The maximum Gasteiger partial charge on any atom is 0.234 e. The van der Waals surface area contributed by atoms with E-state index in [1.807, 2.05) is 6.20 Å². The normalized spacial score (nSPS) is 19.6. The number of ether oxygens (including phenoxy) is 1. The van der Waals surface area contributed by atoms with Gasteiger partial charge in [0, 0.05) is 43.8 Å². The first-order valence-corrected chi connectivity index (χ1v) is 8.41. The van der Waals surface area contributed by atoms with E-state index < -0.39 is 0 Å². The molecular weight excluding hydrogens is 286 g/mol. The van der Waals surface area contributed by atoms with Crippen molar-refractivity contribution in [1.29, 1.82) is 0 Å². The number of piperidine rings is 1. The quantitative estimate of drug-likeness (QED) is 0.780. The zero-order valence-electron chi connectivity index (χ0n) is 12.9. The van der Waals surface area contributed by atoms with E-state index in [0.717, 1.165) is 25.9 Å². The zero-order chi connectivity index (χ0) is 15.1. The maximum atomic E-state index is 11.9. The number of methoxy groups -OCH3 is 1. The second kappa shape index (κ2) is 8.46. The van der Waals surface area contributed by atoms with E-state index in [4.69, 9.17) is 4.74 Å². The van der Waals surface area contributed by atoms with E-state index in [9.17, 15) is 4.79 Å². The molecule has 1 aromatic heterocycles. The summed E-state index contributed by atoms with van der Waals surface area (Å²) >= 11 is 1.78. The molecule has 0 saturated carbocycles. The lowest BCUT2D eigenvalue weighted by Crippen LogP contribution is -2.42. The van der Waals surface area contributed by atoms with Crippen molar-refractivity contribution >= 4 is 17.2 Å². The molecule has 0 aromatic carbocycles. The van der Waals surface area contributed by atoms with Gasteiger partial charge in [0.25, 0.3) is 0 Å². The van der Waals surface area contributed by atoms with Crippen molar-refractivity contribution in [2.75, 3.05) is 39.9 Å². The van der Waals surface area contributed by atoms with Gasteiger partial charge in [0.05, 0.1) is 11.6 Å². The van der Waals surface area contributed by atoms with E-state index in [1.54, 1.807) is 18.4 Å². The number of nitrogens with one attached hydrogen (secondary N) is 1. The van der Waals surface area contributed by atoms with Gasteiger partial charge in [-0.25, -0.2) is 4.98 Å². The lowest BCUT2D eigenvalue weighted by molar-refractivity contribution is -0.122. The van der Waals surface area contributed by atoms with E-state index in [0.29, 0.717) is 25.6 Å². The highest BCUT2D eigenvalue weighted by atomic mass is 32.1. The van der Waals surface area contributed by atoms with E-state index in [-0.39, 0.29) is 5.91 Å². The van der Waals surface area contributed by atoms with Crippen LogP contribution in [0.4, 0.5) is 0 Å². The van der Waals surface area contributed by atoms with E-state index in [1.165, 1.54) is 16.3 Å². The van der Waals surface area contributed by atoms with Crippen LogP contribution in [0.25, 0.3) is 0 Å². The van der Waals surface area contributed by atoms with Gasteiger partial charge >= 0.3 is 0 Å². The smallest absolute Gasteiger partial charge is 0.234 e. The van der Waals surface area contributed by atoms with Gasteiger partial charge in [-0.3, -0.25) is 9.69 Å². The van der Waals surface area contributed by atoms with Crippen LogP contribution in [0.2, 0.25) is 0 Å². The molecule has 0 unspecified atom stereocenters. The van der Waals surface area contributed by atoms with E-state index >= 15 is 0 Å². The number of likely N-dealkylation sites (tertiary alicyclic amines) is 1. The van der Waals surface area contributed by atoms with Crippen molar-refractivity contribution in [3.05, 3.63) is 16.1 Å². The van der Waals surface area contributed by atoms with Gasteiger partial charge in [0.15, 0.2) is 0 Å². The predicted octanol–water partition coefficient (Wildman–Crippen LogP) is 1.78. The molecule has 1 aliphatic rings. The minimum atomic E-state index is 0.113. The molecule has 2 rings (SSSR count). The number of aryl methyl sites for hydroxylation is 1. The monoisotopic (exact) mass is 311 g/mol. The minimum absolute atomic E-state index is 0.113. The number of aromatic nitrogens is 1. The summed E-state index contributed by atoms with van der Waals surface area (Å²) in [5.41, 5.74) is 0. The lowest BCUT2D eigenvalue weighted by atomic mass is 9.99. The van der Waals surface area contributed by atoms with Crippen LogP contribution in [0.3, 0.4) is 0 Å². The van der Waals surface area contributed by atoms with Crippen LogP contribution in [0, 0.1) is 6.92 Å². The molecule has 2 heterocycles. The third kappa shape index (κ3) is 5.37. The van der Waals surface area contributed by atoms with Crippen molar-refractivity contribution in [3.63, 3.8) is 0 Å². The van der Waals surface area contributed by atoms with Crippen LogP contribution in [-0.4, -0.2) is 55.7 Å². The minimum Gasteiger partial charge on any atom is -0.385 e. The fourth-order valence-corrected chi connectivity index (χ4v) is 3.56. The Morgan fingerprint density at radius 3 is 3.19 bits per heavy atom. The first-order chi connectivity index (χ1) is 10.2. The summed E-state index contributed by atoms with van der Waals surface area (Å²) in [7, 11) is 1.68. The van der Waals surface area contributed by atoms with Crippen molar-refractivity contribution in [2.45, 2.75) is 32.1 Å². The van der Waals surface area contributed by atoms with Crippen molar-refractivity contribution < 1.29 is 9.53 Å². The van der Waals surface area contributed by atoms with Crippen LogP contribution in [-0.2, 0) is 9.53 Å². The SMILES string of the molecule is COCCCNC(=O)CN1CCC[C@@H](c2ncc(C)s2)C1. The van der Waals surface area contributed by atoms with Crippen LogP contribution >= 0.6 is 11.3 Å². The first-order valence-electron chi connectivity index (χ1n) is 7.59. The summed E-state index contributed by atoms with van der Waals surface area (Å²) < 4.78 is 4.97. The molecule has 118 valence electrons. The zero-order valence-corrected chi connectivity index (χ0v) is 13.7. The summed E-state index contributed by atoms with van der Waals surface area (Å²) in [5, 5.41) is 4.17. The van der Waals surface area contributed by atoms with Crippen LogP contribution in [0.15, 0.2) is 6.20 Å². The van der Waals surface area contributed by atoms with Gasteiger partial charge in [0.1, 0.15) is 0 Å². The molecule has 0 aliphatic carbocycles. The molecule has 1 aromatic rings. The summed E-state index contributed by atoms with van der Waals surface area (Å²) in [4.78, 5) is 19.9. The second-order valence-electron chi connectivity index (χ2n) is 5.58. The summed E-state index contributed by atoms with van der Waals surface area (Å²) in [6, 6.07) is 0. The number of hydrogen-bond donors (Lipinski definition) is 1. The molecule has 0 spiro atoms. The topological polar surface area (TPSA) is 54.5 Å². The summed E-state index contributed by atoms with van der Waals surface area (Å²) in [5.74, 6) is 0.598. The Balaban J connectivity index is 1.74. The standard InChI is InChI=1S/C15H25N3O2S/c1-12-9-17-15(21-12)13-5-3-7-18(10-13)11-14(19)16-6-4-8-20-2/h9,13H,3-8,10-11H2,1-2H3,(H,16,19)/t13-/m1/s1. The Kier molecular flexibility index (Phi) is 6.60. The molecular formula is C15H25N3O2S. The highest BCUT2D eigenvalue weighted by Crippen LogP contribution is 2.29. The molecule has 1 saturated heterocycles. The van der Waals surface area contributed by atoms with E-state index in [2.05, 4.69) is 22.1 Å². The molecule has 1 amide bonds. The number of hydrogen-bond acceptors (Lipinski definition) is 5. The third-order valence-electron chi connectivity index (χ3n) is 3.71. The number of rotatable bonds is 7. The Morgan fingerprint density at radius 1 is 1.62 bits per heavy atom. The van der Waals surface area contributed by atoms with Crippen molar-refractivity contribution in [1.82, 2.24) is 15.2 Å². The highest BCUT2D eigenvalue weighted by molar-refractivity contribution is 7.11. The summed E-state index contributed by atoms with van der Waals surface area (Å²) in [6.45, 7) is 5.92.